The fourth-order valence-electron chi connectivity index (χ4n) is 4.86. The van der Waals surface area contributed by atoms with E-state index in [2.05, 4.69) is 10.3 Å². The Morgan fingerprint density at radius 1 is 1.10 bits per heavy atom. The highest BCUT2D eigenvalue weighted by Gasteiger charge is 2.32. The van der Waals surface area contributed by atoms with Crippen molar-refractivity contribution in [3.8, 4) is 5.75 Å². The SMILES string of the molecule is CCC(=O)N1CCc2ccc(OCc3ccc(C(=O)NCCc4ccccn4)o3)cc2[C@H]1c1cccc(F)c1. The molecule has 1 aliphatic rings. The Hall–Kier alpha value is -4.46. The average molecular weight is 528 g/mol. The number of pyridine rings is 1. The van der Waals surface area contributed by atoms with Crippen LogP contribution in [0.3, 0.4) is 0 Å². The molecule has 2 amide bonds. The predicted octanol–water partition coefficient (Wildman–Crippen LogP) is 5.25. The third-order valence-corrected chi connectivity index (χ3v) is 6.79. The molecule has 0 radical (unpaired) electrons. The highest BCUT2D eigenvalue weighted by atomic mass is 19.1. The minimum absolute atomic E-state index is 0.0163. The van der Waals surface area contributed by atoms with Crippen LogP contribution in [0.25, 0.3) is 0 Å². The van der Waals surface area contributed by atoms with E-state index in [-0.39, 0.29) is 30.0 Å². The topological polar surface area (TPSA) is 84.7 Å². The first-order valence-electron chi connectivity index (χ1n) is 13.1. The number of aromatic nitrogens is 1. The van der Waals surface area contributed by atoms with Gasteiger partial charge in [0.1, 0.15) is 23.9 Å². The summed E-state index contributed by atoms with van der Waals surface area (Å²) in [7, 11) is 0. The van der Waals surface area contributed by atoms with E-state index < -0.39 is 6.04 Å². The fourth-order valence-corrected chi connectivity index (χ4v) is 4.86. The second kappa shape index (κ2) is 11.9. The molecule has 1 N–H and O–H groups in total. The first kappa shape index (κ1) is 26.2. The number of nitrogens with one attached hydrogen (secondary N) is 1. The van der Waals surface area contributed by atoms with Gasteiger partial charge < -0.3 is 19.4 Å². The highest BCUT2D eigenvalue weighted by Crippen LogP contribution is 2.38. The summed E-state index contributed by atoms with van der Waals surface area (Å²) < 4.78 is 25.8. The molecule has 7 nitrogen and oxygen atoms in total. The van der Waals surface area contributed by atoms with E-state index in [4.69, 9.17) is 9.15 Å². The van der Waals surface area contributed by atoms with E-state index in [9.17, 15) is 14.0 Å². The zero-order valence-corrected chi connectivity index (χ0v) is 21.7. The van der Waals surface area contributed by atoms with Gasteiger partial charge in [-0.25, -0.2) is 4.39 Å². The average Bonchev–Trinajstić information content (AvgIpc) is 3.45. The molecule has 2 aromatic carbocycles. The third kappa shape index (κ3) is 6.17. The van der Waals surface area contributed by atoms with E-state index in [1.165, 1.54) is 12.1 Å². The second-order valence-electron chi connectivity index (χ2n) is 9.39. The van der Waals surface area contributed by atoms with Crippen LogP contribution >= 0.6 is 0 Å². The number of carbonyl (C=O) groups is 2. The summed E-state index contributed by atoms with van der Waals surface area (Å²) in [5.74, 6) is 0.684. The summed E-state index contributed by atoms with van der Waals surface area (Å²) in [6.07, 6.45) is 3.43. The summed E-state index contributed by atoms with van der Waals surface area (Å²) in [5, 5.41) is 2.84. The number of benzene rings is 2. The summed E-state index contributed by atoms with van der Waals surface area (Å²) in [5.41, 5.74) is 3.64. The summed E-state index contributed by atoms with van der Waals surface area (Å²) in [6.45, 7) is 2.97. The van der Waals surface area contributed by atoms with Crippen LogP contribution in [0.15, 0.2) is 83.4 Å². The molecule has 0 unspecified atom stereocenters. The lowest BCUT2D eigenvalue weighted by molar-refractivity contribution is -0.132. The standard InChI is InChI=1S/C31H30FN3O4/c1-2-29(36)35-17-14-21-9-10-25(19-27(21)30(35)22-6-5-7-23(32)18-22)38-20-26-11-12-28(39-26)31(37)34-16-13-24-8-3-4-15-33-24/h3-12,15,18-19,30H,2,13-14,16-17,20H2,1H3,(H,34,37)/t30-/m1/s1. The van der Waals surface area contributed by atoms with Gasteiger partial charge in [0, 0.05) is 37.8 Å². The molecule has 200 valence electrons. The first-order valence-corrected chi connectivity index (χ1v) is 13.1. The minimum Gasteiger partial charge on any atom is -0.486 e. The van der Waals surface area contributed by atoms with Crippen LogP contribution in [0.1, 0.15) is 58.1 Å². The van der Waals surface area contributed by atoms with Gasteiger partial charge in [0.05, 0.1) is 6.04 Å². The molecule has 0 aliphatic carbocycles. The molecule has 5 rings (SSSR count). The van der Waals surface area contributed by atoms with E-state index in [1.54, 1.807) is 24.4 Å². The Bertz CT molecular complexity index is 1450. The second-order valence-corrected chi connectivity index (χ2v) is 9.39. The van der Waals surface area contributed by atoms with Crippen molar-refractivity contribution in [2.45, 2.75) is 38.8 Å². The van der Waals surface area contributed by atoms with Gasteiger partial charge in [-0.05, 0) is 71.6 Å². The largest absolute Gasteiger partial charge is 0.486 e. The first-order chi connectivity index (χ1) is 19.0. The normalized spacial score (nSPS) is 14.5. The highest BCUT2D eigenvalue weighted by molar-refractivity contribution is 5.91. The van der Waals surface area contributed by atoms with E-state index in [0.29, 0.717) is 43.9 Å². The number of amides is 2. The molecule has 0 spiro atoms. The van der Waals surface area contributed by atoms with Crippen molar-refractivity contribution in [1.82, 2.24) is 15.2 Å². The fraction of sp³-hybridized carbons (Fsp3) is 0.258. The summed E-state index contributed by atoms with van der Waals surface area (Å²) in [6, 6.07) is 20.8. The van der Waals surface area contributed by atoms with E-state index >= 15 is 0 Å². The molecule has 3 heterocycles. The van der Waals surface area contributed by atoms with Crippen molar-refractivity contribution in [2.24, 2.45) is 0 Å². The monoisotopic (exact) mass is 527 g/mol. The molecule has 1 atom stereocenters. The zero-order chi connectivity index (χ0) is 27.2. The Morgan fingerprint density at radius 3 is 2.79 bits per heavy atom. The van der Waals surface area contributed by atoms with Gasteiger partial charge in [-0.15, -0.1) is 0 Å². The van der Waals surface area contributed by atoms with Crippen molar-refractivity contribution in [1.29, 1.82) is 0 Å². The Kier molecular flexibility index (Phi) is 8.01. The van der Waals surface area contributed by atoms with Gasteiger partial charge in [0.15, 0.2) is 5.76 Å². The number of nitrogens with zero attached hydrogens (tertiary/aromatic N) is 2. The van der Waals surface area contributed by atoms with Crippen molar-refractivity contribution < 1.29 is 23.1 Å². The third-order valence-electron chi connectivity index (χ3n) is 6.79. The maximum atomic E-state index is 14.1. The molecule has 0 bridgehead atoms. The molecule has 39 heavy (non-hydrogen) atoms. The van der Waals surface area contributed by atoms with Crippen LogP contribution in [0.4, 0.5) is 4.39 Å². The van der Waals surface area contributed by atoms with Crippen LogP contribution in [0, 0.1) is 5.82 Å². The molecule has 0 fully saturated rings. The number of hydrogen-bond donors (Lipinski definition) is 1. The van der Waals surface area contributed by atoms with Crippen LogP contribution in [0.5, 0.6) is 5.75 Å². The van der Waals surface area contributed by atoms with Gasteiger partial charge in [0.25, 0.3) is 5.91 Å². The quantitative estimate of drug-likeness (QED) is 0.321. The van der Waals surface area contributed by atoms with Gasteiger partial charge in [-0.3, -0.25) is 14.6 Å². The number of rotatable bonds is 9. The minimum atomic E-state index is -0.398. The lowest BCUT2D eigenvalue weighted by atomic mass is 9.87. The van der Waals surface area contributed by atoms with Crippen LogP contribution in [0.2, 0.25) is 0 Å². The maximum Gasteiger partial charge on any atom is 0.287 e. The Labute approximate surface area is 226 Å². The smallest absolute Gasteiger partial charge is 0.287 e. The van der Waals surface area contributed by atoms with E-state index in [0.717, 1.165) is 22.4 Å². The maximum absolute atomic E-state index is 14.1. The number of carbonyl (C=O) groups excluding carboxylic acids is 2. The summed E-state index contributed by atoms with van der Waals surface area (Å²) in [4.78, 5) is 31.3. The molecule has 4 aromatic rings. The number of hydrogen-bond acceptors (Lipinski definition) is 5. The molecule has 0 saturated carbocycles. The zero-order valence-electron chi connectivity index (χ0n) is 21.7. The van der Waals surface area contributed by atoms with Gasteiger partial charge in [0.2, 0.25) is 5.91 Å². The lowest BCUT2D eigenvalue weighted by Gasteiger charge is -2.38. The lowest BCUT2D eigenvalue weighted by Crippen LogP contribution is -2.40. The van der Waals surface area contributed by atoms with Crippen molar-refractivity contribution in [3.63, 3.8) is 0 Å². The Morgan fingerprint density at radius 2 is 2.00 bits per heavy atom. The van der Waals surface area contributed by atoms with Gasteiger partial charge in [-0.1, -0.05) is 31.2 Å². The Balaban J connectivity index is 1.26. The molecular weight excluding hydrogens is 497 g/mol. The number of fused-ring (bicyclic) bond motifs is 1. The van der Waals surface area contributed by atoms with Crippen LogP contribution < -0.4 is 10.1 Å². The van der Waals surface area contributed by atoms with Gasteiger partial charge >= 0.3 is 0 Å². The number of halogens is 1. The van der Waals surface area contributed by atoms with Crippen LogP contribution in [-0.4, -0.2) is 34.8 Å². The molecule has 0 saturated heterocycles. The molecule has 1 aliphatic heterocycles. The molecule has 8 heteroatoms. The van der Waals surface area contributed by atoms with Crippen molar-refractivity contribution in [3.05, 3.63) is 119 Å². The van der Waals surface area contributed by atoms with E-state index in [1.807, 2.05) is 54.3 Å². The van der Waals surface area contributed by atoms with Crippen molar-refractivity contribution >= 4 is 11.8 Å². The number of furan rings is 1. The predicted molar refractivity (Wildman–Crippen MR) is 144 cm³/mol. The van der Waals surface area contributed by atoms with Crippen molar-refractivity contribution in [2.75, 3.05) is 13.1 Å². The number of ether oxygens (including phenoxy) is 1. The molecular formula is C31H30FN3O4. The summed E-state index contributed by atoms with van der Waals surface area (Å²) >= 11 is 0. The van der Waals surface area contributed by atoms with Crippen LogP contribution in [-0.2, 0) is 24.2 Å². The van der Waals surface area contributed by atoms with Gasteiger partial charge in [-0.2, -0.15) is 0 Å². The molecule has 2 aromatic heterocycles.